The molecule has 0 saturated carbocycles. The number of alkyl halides is 3. The van der Waals surface area contributed by atoms with E-state index in [0.717, 1.165) is 31.6 Å². The van der Waals surface area contributed by atoms with E-state index in [0.29, 0.717) is 19.7 Å². The molecule has 152 valence electrons. The number of hydrogen-bond donors (Lipinski definition) is 0. The average Bonchev–Trinajstić information content (AvgIpc) is 2.86. The second-order valence-electron chi connectivity index (χ2n) is 7.74. The fourth-order valence-corrected chi connectivity index (χ4v) is 4.01. The molecule has 0 aromatic heterocycles. The van der Waals surface area contributed by atoms with Gasteiger partial charge in [-0.25, -0.2) is 0 Å². The van der Waals surface area contributed by atoms with Crippen LogP contribution in [0.3, 0.4) is 0 Å². The number of piperidine rings is 1. The number of nitrogens with zero attached hydrogens (tertiary/aromatic N) is 2. The first-order chi connectivity index (χ1) is 13.0. The molecule has 2 aliphatic rings. The average molecular weight is 384 g/mol. The maximum atomic E-state index is 12.4. The number of benzene rings is 1. The summed E-state index contributed by atoms with van der Waals surface area (Å²) in [5, 5.41) is 0. The van der Waals surface area contributed by atoms with Gasteiger partial charge in [0.05, 0.1) is 13.0 Å². The third kappa shape index (κ3) is 7.00. The van der Waals surface area contributed by atoms with Crippen molar-refractivity contribution in [2.75, 3.05) is 45.9 Å². The Morgan fingerprint density at radius 2 is 1.56 bits per heavy atom. The van der Waals surface area contributed by atoms with Crippen molar-refractivity contribution in [3.63, 3.8) is 0 Å². The molecule has 0 atom stereocenters. The quantitative estimate of drug-likeness (QED) is 0.652. The summed E-state index contributed by atoms with van der Waals surface area (Å²) in [5.41, 5.74) is 2.46. The van der Waals surface area contributed by atoms with Crippen molar-refractivity contribution in [1.82, 2.24) is 9.80 Å². The molecule has 1 aromatic carbocycles. The summed E-state index contributed by atoms with van der Waals surface area (Å²) in [6.07, 6.45) is 1.80. The first-order valence-corrected chi connectivity index (χ1v) is 10.3. The fraction of sp³-hybridized carbons (Fsp3) is 0.714. The van der Waals surface area contributed by atoms with Gasteiger partial charge in [-0.15, -0.1) is 0 Å². The Morgan fingerprint density at radius 1 is 0.852 bits per heavy atom. The number of rotatable bonds is 7. The number of hydrogen-bond acceptors (Lipinski definition) is 3. The van der Waals surface area contributed by atoms with E-state index in [1.165, 1.54) is 43.5 Å². The van der Waals surface area contributed by atoms with Crippen molar-refractivity contribution in [1.29, 1.82) is 0 Å². The molecule has 1 saturated heterocycles. The second kappa shape index (κ2) is 9.78. The van der Waals surface area contributed by atoms with Crippen LogP contribution in [0, 0.1) is 0 Å². The molecule has 27 heavy (non-hydrogen) atoms. The van der Waals surface area contributed by atoms with Crippen LogP contribution in [-0.4, -0.2) is 61.9 Å². The first kappa shape index (κ1) is 20.5. The molecule has 3 nitrogen and oxygen atoms in total. The highest BCUT2D eigenvalue weighted by Gasteiger charge is 2.28. The van der Waals surface area contributed by atoms with Crippen LogP contribution >= 0.6 is 0 Å². The van der Waals surface area contributed by atoms with Gasteiger partial charge in [0.15, 0.2) is 0 Å². The molecule has 6 heteroatoms. The van der Waals surface area contributed by atoms with E-state index >= 15 is 0 Å². The van der Waals surface area contributed by atoms with E-state index in [1.807, 2.05) is 11.0 Å². The van der Waals surface area contributed by atoms with Gasteiger partial charge in [-0.2, -0.15) is 13.2 Å². The van der Waals surface area contributed by atoms with Gasteiger partial charge in [0.25, 0.3) is 0 Å². The lowest BCUT2D eigenvalue weighted by Gasteiger charge is -2.26. The standard InChI is InChI=1S/C21H31F3N2O/c22-21(23,24)9-15-26-13-7-18-5-6-20(17-19(18)8-14-26)27-16-4-12-25-10-2-1-3-11-25/h5-6,17H,1-4,7-16H2. The minimum Gasteiger partial charge on any atom is -0.494 e. The SMILES string of the molecule is FC(F)(F)CCN1CCc2ccc(OCCCN3CCCCC3)cc2CC1. The maximum Gasteiger partial charge on any atom is 0.390 e. The number of halogens is 3. The minimum atomic E-state index is -4.08. The zero-order valence-electron chi connectivity index (χ0n) is 16.1. The number of fused-ring (bicyclic) bond motifs is 1. The third-order valence-corrected chi connectivity index (χ3v) is 5.62. The molecule has 0 amide bonds. The van der Waals surface area contributed by atoms with Crippen LogP contribution in [0.2, 0.25) is 0 Å². The fourth-order valence-electron chi connectivity index (χ4n) is 4.01. The van der Waals surface area contributed by atoms with Crippen LogP contribution in [0.15, 0.2) is 18.2 Å². The summed E-state index contributed by atoms with van der Waals surface area (Å²) in [5.74, 6) is 0.885. The molecule has 0 spiro atoms. The van der Waals surface area contributed by atoms with Crippen LogP contribution in [0.1, 0.15) is 43.2 Å². The van der Waals surface area contributed by atoms with Gasteiger partial charge in [-0.3, -0.25) is 0 Å². The molecule has 1 aromatic rings. The van der Waals surface area contributed by atoms with Crippen molar-refractivity contribution >= 4 is 0 Å². The van der Waals surface area contributed by atoms with Gasteiger partial charge in [0.1, 0.15) is 5.75 Å². The largest absolute Gasteiger partial charge is 0.494 e. The zero-order valence-corrected chi connectivity index (χ0v) is 16.1. The second-order valence-corrected chi connectivity index (χ2v) is 7.74. The van der Waals surface area contributed by atoms with Gasteiger partial charge in [0, 0.05) is 26.2 Å². The molecule has 2 aliphatic heterocycles. The monoisotopic (exact) mass is 384 g/mol. The molecule has 1 fully saturated rings. The van der Waals surface area contributed by atoms with E-state index in [4.69, 9.17) is 4.74 Å². The highest BCUT2D eigenvalue weighted by molar-refractivity contribution is 5.36. The number of likely N-dealkylation sites (tertiary alicyclic amines) is 1. The zero-order chi connectivity index (χ0) is 19.1. The van der Waals surface area contributed by atoms with E-state index in [-0.39, 0.29) is 6.54 Å². The lowest BCUT2D eigenvalue weighted by molar-refractivity contribution is -0.137. The Hall–Kier alpha value is -1.27. The summed E-state index contributed by atoms with van der Waals surface area (Å²) in [4.78, 5) is 4.44. The van der Waals surface area contributed by atoms with Gasteiger partial charge in [-0.1, -0.05) is 12.5 Å². The lowest BCUT2D eigenvalue weighted by Crippen LogP contribution is -2.31. The molecular weight excluding hydrogens is 353 g/mol. The van der Waals surface area contributed by atoms with Crippen molar-refractivity contribution in [2.45, 2.75) is 51.1 Å². The minimum absolute atomic E-state index is 0.0946. The van der Waals surface area contributed by atoms with Crippen LogP contribution in [0.25, 0.3) is 0 Å². The smallest absolute Gasteiger partial charge is 0.390 e. The summed E-state index contributed by atoms with van der Waals surface area (Å²) in [6.45, 7) is 5.71. The van der Waals surface area contributed by atoms with Crippen LogP contribution in [-0.2, 0) is 12.8 Å². The van der Waals surface area contributed by atoms with Crippen molar-refractivity contribution in [3.8, 4) is 5.75 Å². The molecule has 0 N–H and O–H groups in total. The summed E-state index contributed by atoms with van der Waals surface area (Å²) < 4.78 is 43.3. The predicted octanol–water partition coefficient (Wildman–Crippen LogP) is 4.29. The molecule has 0 bridgehead atoms. The Morgan fingerprint density at radius 3 is 2.30 bits per heavy atom. The van der Waals surface area contributed by atoms with Crippen LogP contribution in [0.4, 0.5) is 13.2 Å². The van der Waals surface area contributed by atoms with Gasteiger partial charge in [0.2, 0.25) is 0 Å². The van der Waals surface area contributed by atoms with E-state index in [9.17, 15) is 13.2 Å². The summed E-state index contributed by atoms with van der Waals surface area (Å²) in [7, 11) is 0. The van der Waals surface area contributed by atoms with Crippen LogP contribution in [0.5, 0.6) is 5.75 Å². The molecular formula is C21H31F3N2O. The molecule has 2 heterocycles. The molecule has 0 aliphatic carbocycles. The Balaban J connectivity index is 1.43. The summed E-state index contributed by atoms with van der Waals surface area (Å²) >= 11 is 0. The van der Waals surface area contributed by atoms with E-state index in [2.05, 4.69) is 17.0 Å². The Bertz CT molecular complexity index is 585. The van der Waals surface area contributed by atoms with Gasteiger partial charge in [-0.05, 0) is 68.5 Å². The van der Waals surface area contributed by atoms with Gasteiger partial charge < -0.3 is 14.5 Å². The molecule has 0 radical (unpaired) electrons. The van der Waals surface area contributed by atoms with Gasteiger partial charge >= 0.3 is 6.18 Å². The Kier molecular flexibility index (Phi) is 7.41. The third-order valence-electron chi connectivity index (χ3n) is 5.62. The normalized spacial score (nSPS) is 19.5. The topological polar surface area (TPSA) is 15.7 Å². The van der Waals surface area contributed by atoms with E-state index in [1.54, 1.807) is 0 Å². The Labute approximate surface area is 160 Å². The molecule has 3 rings (SSSR count). The highest BCUT2D eigenvalue weighted by Crippen LogP contribution is 2.24. The van der Waals surface area contributed by atoms with E-state index < -0.39 is 12.6 Å². The van der Waals surface area contributed by atoms with Crippen molar-refractivity contribution in [3.05, 3.63) is 29.3 Å². The maximum absolute atomic E-state index is 12.4. The van der Waals surface area contributed by atoms with Crippen molar-refractivity contribution < 1.29 is 17.9 Å². The van der Waals surface area contributed by atoms with Crippen molar-refractivity contribution in [2.24, 2.45) is 0 Å². The predicted molar refractivity (Wildman–Crippen MR) is 101 cm³/mol. The first-order valence-electron chi connectivity index (χ1n) is 10.3. The molecule has 0 unspecified atom stereocenters. The lowest BCUT2D eigenvalue weighted by atomic mass is 10.0. The summed E-state index contributed by atoms with van der Waals surface area (Å²) in [6, 6.07) is 6.18. The highest BCUT2D eigenvalue weighted by atomic mass is 19.4. The number of ether oxygens (including phenoxy) is 1. The van der Waals surface area contributed by atoms with Crippen LogP contribution < -0.4 is 4.74 Å².